The van der Waals surface area contributed by atoms with E-state index >= 15 is 0 Å². The molecule has 0 radical (unpaired) electrons. The molecule has 1 atom stereocenters. The van der Waals surface area contributed by atoms with E-state index in [4.69, 9.17) is 12.2 Å². The topological polar surface area (TPSA) is 73.0 Å². The lowest BCUT2D eigenvalue weighted by molar-refractivity contribution is -0.130. The summed E-state index contributed by atoms with van der Waals surface area (Å²) in [5.74, 6) is -0.835. The summed E-state index contributed by atoms with van der Waals surface area (Å²) in [5.41, 5.74) is 2.23. The van der Waals surface area contributed by atoms with Gasteiger partial charge >= 0.3 is 0 Å². The van der Waals surface area contributed by atoms with Gasteiger partial charge in [-0.2, -0.15) is 0 Å². The van der Waals surface area contributed by atoms with E-state index in [9.17, 15) is 18.8 Å². The van der Waals surface area contributed by atoms with E-state index in [2.05, 4.69) is 5.32 Å². The normalized spacial score (nSPS) is 18.4. The van der Waals surface area contributed by atoms with Crippen molar-refractivity contribution in [2.45, 2.75) is 38.8 Å². The Balaban J connectivity index is 1.47. The SMILES string of the molecule is CCN1C(=O)C(CC(=O)Nc2ccc(F)cc2)N(Cc2ccc(N3CCCC3=O)cc2)C1=S. The minimum atomic E-state index is -0.724. The summed E-state index contributed by atoms with van der Waals surface area (Å²) in [6.07, 6.45) is 1.35. The first-order chi connectivity index (χ1) is 15.9. The number of nitrogens with zero attached hydrogens (tertiary/aromatic N) is 3. The molecule has 2 fully saturated rings. The molecular weight excluding hydrogens is 443 g/mol. The molecule has 1 unspecified atom stereocenters. The quantitative estimate of drug-likeness (QED) is 0.632. The molecule has 1 N–H and O–H groups in total. The van der Waals surface area contributed by atoms with E-state index in [1.807, 2.05) is 31.2 Å². The molecule has 2 heterocycles. The third kappa shape index (κ3) is 4.88. The third-order valence-electron chi connectivity index (χ3n) is 5.90. The molecule has 2 saturated heterocycles. The summed E-state index contributed by atoms with van der Waals surface area (Å²) in [6.45, 7) is 3.34. The van der Waals surface area contributed by atoms with Gasteiger partial charge in [-0.05, 0) is 67.5 Å². The van der Waals surface area contributed by atoms with Gasteiger partial charge in [-0.1, -0.05) is 12.1 Å². The number of carbonyl (C=O) groups is 3. The van der Waals surface area contributed by atoms with Gasteiger partial charge in [0.1, 0.15) is 11.9 Å². The second-order valence-electron chi connectivity index (χ2n) is 8.08. The molecule has 33 heavy (non-hydrogen) atoms. The molecule has 2 aromatic carbocycles. The van der Waals surface area contributed by atoms with Crippen LogP contribution >= 0.6 is 12.2 Å². The smallest absolute Gasteiger partial charge is 0.252 e. The molecule has 0 aromatic heterocycles. The number of carbonyl (C=O) groups excluding carboxylic acids is 3. The number of anilines is 2. The van der Waals surface area contributed by atoms with Crippen molar-refractivity contribution in [1.82, 2.24) is 9.80 Å². The van der Waals surface area contributed by atoms with Crippen LogP contribution in [0.5, 0.6) is 0 Å². The van der Waals surface area contributed by atoms with E-state index in [1.54, 1.807) is 9.80 Å². The van der Waals surface area contributed by atoms with Crippen molar-refractivity contribution in [1.29, 1.82) is 0 Å². The van der Waals surface area contributed by atoms with Crippen molar-refractivity contribution < 1.29 is 18.8 Å². The van der Waals surface area contributed by atoms with E-state index < -0.39 is 11.9 Å². The van der Waals surface area contributed by atoms with Gasteiger partial charge in [-0.15, -0.1) is 0 Å². The van der Waals surface area contributed by atoms with Crippen molar-refractivity contribution in [2.75, 3.05) is 23.3 Å². The Hall–Kier alpha value is -3.33. The van der Waals surface area contributed by atoms with E-state index in [1.165, 1.54) is 29.2 Å². The highest BCUT2D eigenvalue weighted by molar-refractivity contribution is 7.80. The second kappa shape index (κ2) is 9.66. The molecule has 3 amide bonds. The third-order valence-corrected chi connectivity index (χ3v) is 6.36. The summed E-state index contributed by atoms with van der Waals surface area (Å²) >= 11 is 5.54. The maximum absolute atomic E-state index is 13.1. The van der Waals surface area contributed by atoms with Gasteiger partial charge in [0.05, 0.1) is 6.42 Å². The molecule has 4 rings (SSSR count). The zero-order valence-corrected chi connectivity index (χ0v) is 19.1. The van der Waals surface area contributed by atoms with Gasteiger partial charge in [0.2, 0.25) is 11.8 Å². The number of hydrogen-bond donors (Lipinski definition) is 1. The predicted molar refractivity (Wildman–Crippen MR) is 127 cm³/mol. The standard InChI is InChI=1S/C24H25FN4O3S/c1-2-27-23(32)20(14-21(30)26-18-9-7-17(25)8-10-18)29(24(27)33)15-16-5-11-19(12-6-16)28-13-3-4-22(28)31/h5-12,20H,2-4,13-15H2,1H3,(H,26,30). The van der Waals surface area contributed by atoms with Crippen LogP contribution in [0, 0.1) is 5.82 Å². The van der Waals surface area contributed by atoms with Gasteiger partial charge in [0, 0.05) is 37.4 Å². The molecule has 7 nitrogen and oxygen atoms in total. The number of nitrogens with one attached hydrogen (secondary N) is 1. The zero-order chi connectivity index (χ0) is 23.5. The monoisotopic (exact) mass is 468 g/mol. The number of halogens is 1. The molecule has 0 bridgehead atoms. The molecule has 2 aliphatic heterocycles. The summed E-state index contributed by atoms with van der Waals surface area (Å²) in [6, 6.07) is 12.4. The van der Waals surface area contributed by atoms with Gasteiger partial charge in [-0.25, -0.2) is 4.39 Å². The number of benzene rings is 2. The van der Waals surface area contributed by atoms with Gasteiger partial charge in [0.25, 0.3) is 5.91 Å². The largest absolute Gasteiger partial charge is 0.332 e. The van der Waals surface area contributed by atoms with Crippen LogP contribution in [0.1, 0.15) is 31.7 Å². The fourth-order valence-corrected chi connectivity index (χ4v) is 4.59. The first kappa shape index (κ1) is 22.8. The Labute approximate surface area is 197 Å². The number of thiocarbonyl (C=S) groups is 1. The highest BCUT2D eigenvalue weighted by atomic mass is 32.1. The summed E-state index contributed by atoms with van der Waals surface area (Å²) in [4.78, 5) is 42.6. The lowest BCUT2D eigenvalue weighted by Crippen LogP contribution is -2.37. The molecule has 2 aliphatic rings. The molecule has 0 spiro atoms. The van der Waals surface area contributed by atoms with E-state index in [0.717, 1.165) is 24.2 Å². The first-order valence-electron chi connectivity index (χ1n) is 10.9. The number of likely N-dealkylation sites (N-methyl/N-ethyl adjacent to an activating group) is 1. The van der Waals surface area contributed by atoms with Crippen LogP contribution in [0.3, 0.4) is 0 Å². The highest BCUT2D eigenvalue weighted by Gasteiger charge is 2.42. The first-order valence-corrected chi connectivity index (χ1v) is 11.3. The Bertz CT molecular complexity index is 1070. The fourth-order valence-electron chi connectivity index (χ4n) is 4.18. The average molecular weight is 469 g/mol. The van der Waals surface area contributed by atoms with Gasteiger partial charge in [0.15, 0.2) is 5.11 Å². The zero-order valence-electron chi connectivity index (χ0n) is 18.3. The molecule has 9 heteroatoms. The second-order valence-corrected chi connectivity index (χ2v) is 8.45. The van der Waals surface area contributed by atoms with Crippen LogP contribution in [0.15, 0.2) is 48.5 Å². The van der Waals surface area contributed by atoms with Crippen LogP contribution in [0.4, 0.5) is 15.8 Å². The van der Waals surface area contributed by atoms with E-state index in [-0.39, 0.29) is 24.1 Å². The summed E-state index contributed by atoms with van der Waals surface area (Å²) < 4.78 is 13.1. The molecule has 0 aliphatic carbocycles. The number of amides is 3. The van der Waals surface area contributed by atoms with Crippen molar-refractivity contribution in [2.24, 2.45) is 0 Å². The van der Waals surface area contributed by atoms with Crippen LogP contribution in [-0.2, 0) is 20.9 Å². The maximum Gasteiger partial charge on any atom is 0.252 e. The average Bonchev–Trinajstić information content (AvgIpc) is 3.32. The fraction of sp³-hybridized carbons (Fsp3) is 0.333. The number of rotatable bonds is 7. The van der Waals surface area contributed by atoms with Crippen LogP contribution in [0.25, 0.3) is 0 Å². The molecule has 172 valence electrons. The Morgan fingerprint density at radius 3 is 2.42 bits per heavy atom. The molecule has 0 saturated carbocycles. The van der Waals surface area contributed by atoms with Gasteiger partial charge in [-0.3, -0.25) is 19.3 Å². The van der Waals surface area contributed by atoms with Crippen LogP contribution < -0.4 is 10.2 Å². The minimum absolute atomic E-state index is 0.0762. The molecular formula is C24H25FN4O3S. The Morgan fingerprint density at radius 2 is 1.82 bits per heavy atom. The van der Waals surface area contributed by atoms with Crippen molar-refractivity contribution in [3.63, 3.8) is 0 Å². The van der Waals surface area contributed by atoms with Crippen molar-refractivity contribution in [3.8, 4) is 0 Å². The maximum atomic E-state index is 13.1. The Morgan fingerprint density at radius 1 is 1.12 bits per heavy atom. The lowest BCUT2D eigenvalue weighted by Gasteiger charge is -2.24. The van der Waals surface area contributed by atoms with Crippen LogP contribution in [0.2, 0.25) is 0 Å². The summed E-state index contributed by atoms with van der Waals surface area (Å²) in [5, 5.41) is 3.10. The highest BCUT2D eigenvalue weighted by Crippen LogP contribution is 2.26. The van der Waals surface area contributed by atoms with Crippen molar-refractivity contribution >= 4 is 46.4 Å². The van der Waals surface area contributed by atoms with E-state index in [0.29, 0.717) is 30.3 Å². The van der Waals surface area contributed by atoms with Crippen molar-refractivity contribution in [3.05, 3.63) is 59.9 Å². The lowest BCUT2D eigenvalue weighted by atomic mass is 10.1. The van der Waals surface area contributed by atoms with Gasteiger partial charge < -0.3 is 15.1 Å². The summed E-state index contributed by atoms with van der Waals surface area (Å²) in [7, 11) is 0. The Kier molecular flexibility index (Phi) is 6.69. The predicted octanol–water partition coefficient (Wildman–Crippen LogP) is 3.30. The van der Waals surface area contributed by atoms with Crippen LogP contribution in [-0.4, -0.2) is 51.8 Å². The minimum Gasteiger partial charge on any atom is -0.332 e. The number of hydrogen-bond acceptors (Lipinski definition) is 4. The molecule has 2 aromatic rings.